The van der Waals surface area contributed by atoms with Crippen molar-refractivity contribution in [2.45, 2.75) is 11.6 Å². The Labute approximate surface area is 178 Å². The van der Waals surface area contributed by atoms with Crippen molar-refractivity contribution in [3.63, 3.8) is 0 Å². The van der Waals surface area contributed by atoms with E-state index in [4.69, 9.17) is 5.10 Å². The normalized spacial score (nSPS) is 10.7. The zero-order valence-electron chi connectivity index (χ0n) is 16.2. The van der Waals surface area contributed by atoms with Crippen LogP contribution in [0.5, 0.6) is 0 Å². The molecule has 30 heavy (non-hydrogen) atoms. The van der Waals surface area contributed by atoms with Crippen molar-refractivity contribution in [1.82, 2.24) is 20.1 Å². The van der Waals surface area contributed by atoms with E-state index in [9.17, 15) is 9.18 Å². The predicted molar refractivity (Wildman–Crippen MR) is 116 cm³/mol. The number of rotatable bonds is 6. The standard InChI is InChI=1S/C23H19FN4OS/c1-30-23-20(8-5-13-25-23)22(29)26-14-17-15-28(19-6-3-2-4-7-19)27-21(17)16-9-11-18(24)12-10-16/h2-13,15H,14H2,1H3,(H,26,29). The molecule has 0 bridgehead atoms. The van der Waals surface area contributed by atoms with Gasteiger partial charge in [-0.25, -0.2) is 14.1 Å². The van der Waals surface area contributed by atoms with Crippen LogP contribution in [0.3, 0.4) is 0 Å². The van der Waals surface area contributed by atoms with Gasteiger partial charge in [0.05, 0.1) is 16.9 Å². The number of nitrogens with one attached hydrogen (secondary N) is 1. The Hall–Kier alpha value is -3.45. The van der Waals surface area contributed by atoms with E-state index in [1.165, 1.54) is 23.9 Å². The molecule has 0 aliphatic heterocycles. The number of para-hydroxylation sites is 1. The van der Waals surface area contributed by atoms with Crippen molar-refractivity contribution in [3.05, 3.63) is 96.1 Å². The summed E-state index contributed by atoms with van der Waals surface area (Å²) < 4.78 is 15.2. The second-order valence-corrected chi connectivity index (χ2v) is 7.33. The third-order valence-corrected chi connectivity index (χ3v) is 5.29. The van der Waals surface area contributed by atoms with E-state index in [2.05, 4.69) is 10.3 Å². The van der Waals surface area contributed by atoms with Crippen LogP contribution in [0.2, 0.25) is 0 Å². The zero-order valence-corrected chi connectivity index (χ0v) is 17.1. The number of thioether (sulfide) groups is 1. The monoisotopic (exact) mass is 418 g/mol. The Bertz CT molecular complexity index is 1160. The minimum atomic E-state index is -0.308. The van der Waals surface area contributed by atoms with Gasteiger partial charge in [0.25, 0.3) is 5.91 Å². The predicted octanol–water partition coefficient (Wildman–Crippen LogP) is 4.73. The highest BCUT2D eigenvalue weighted by atomic mass is 32.2. The summed E-state index contributed by atoms with van der Waals surface area (Å²) in [6.45, 7) is 0.279. The number of hydrogen-bond acceptors (Lipinski definition) is 4. The van der Waals surface area contributed by atoms with Gasteiger partial charge in [0, 0.05) is 30.1 Å². The number of benzene rings is 2. The van der Waals surface area contributed by atoms with Gasteiger partial charge in [-0.1, -0.05) is 18.2 Å². The van der Waals surface area contributed by atoms with Crippen LogP contribution in [-0.2, 0) is 6.54 Å². The summed E-state index contributed by atoms with van der Waals surface area (Å²) in [6.07, 6.45) is 5.43. The molecule has 5 nitrogen and oxygen atoms in total. The first kappa shape index (κ1) is 19.8. The van der Waals surface area contributed by atoms with Gasteiger partial charge >= 0.3 is 0 Å². The van der Waals surface area contributed by atoms with E-state index in [1.807, 2.05) is 42.8 Å². The number of amides is 1. The van der Waals surface area contributed by atoms with Gasteiger partial charge in [0.1, 0.15) is 10.8 Å². The molecule has 0 aliphatic carbocycles. The molecule has 0 saturated heterocycles. The highest BCUT2D eigenvalue weighted by Crippen LogP contribution is 2.24. The number of halogens is 1. The second-order valence-electron chi connectivity index (χ2n) is 6.53. The molecular weight excluding hydrogens is 399 g/mol. The SMILES string of the molecule is CSc1ncccc1C(=O)NCc1cn(-c2ccccc2)nc1-c1ccc(F)cc1. The number of aromatic nitrogens is 3. The summed E-state index contributed by atoms with van der Waals surface area (Å²) in [6, 6.07) is 19.4. The molecule has 0 fully saturated rings. The van der Waals surface area contributed by atoms with Crippen LogP contribution in [0.1, 0.15) is 15.9 Å². The molecule has 0 atom stereocenters. The summed E-state index contributed by atoms with van der Waals surface area (Å²) in [5, 5.41) is 8.32. The van der Waals surface area contributed by atoms with Gasteiger partial charge in [-0.2, -0.15) is 5.10 Å². The molecule has 150 valence electrons. The number of carbonyl (C=O) groups is 1. The molecule has 4 aromatic rings. The van der Waals surface area contributed by atoms with Gasteiger partial charge in [-0.3, -0.25) is 4.79 Å². The molecule has 2 heterocycles. The second kappa shape index (κ2) is 8.92. The highest BCUT2D eigenvalue weighted by Gasteiger charge is 2.16. The first-order chi connectivity index (χ1) is 14.7. The van der Waals surface area contributed by atoms with Crippen LogP contribution in [0.15, 0.2) is 84.1 Å². The van der Waals surface area contributed by atoms with Crippen LogP contribution >= 0.6 is 11.8 Å². The number of pyridine rings is 1. The lowest BCUT2D eigenvalue weighted by molar-refractivity contribution is 0.0947. The van der Waals surface area contributed by atoms with E-state index >= 15 is 0 Å². The molecular formula is C23H19FN4OS. The Morgan fingerprint density at radius 1 is 1.07 bits per heavy atom. The highest BCUT2D eigenvalue weighted by molar-refractivity contribution is 7.98. The zero-order chi connectivity index (χ0) is 20.9. The maximum absolute atomic E-state index is 13.4. The summed E-state index contributed by atoms with van der Waals surface area (Å²) in [4.78, 5) is 17.0. The van der Waals surface area contributed by atoms with E-state index in [0.29, 0.717) is 16.3 Å². The topological polar surface area (TPSA) is 59.8 Å². The number of nitrogens with zero attached hydrogens (tertiary/aromatic N) is 3. The quantitative estimate of drug-likeness (QED) is 0.460. The number of carbonyl (C=O) groups excluding carboxylic acids is 1. The molecule has 0 saturated carbocycles. The van der Waals surface area contributed by atoms with Gasteiger partial charge < -0.3 is 5.32 Å². The lowest BCUT2D eigenvalue weighted by Gasteiger charge is -2.08. The van der Waals surface area contributed by atoms with Gasteiger partial charge in [0.2, 0.25) is 0 Å². The Morgan fingerprint density at radius 3 is 2.57 bits per heavy atom. The largest absolute Gasteiger partial charge is 0.348 e. The smallest absolute Gasteiger partial charge is 0.254 e. The van der Waals surface area contributed by atoms with Crippen molar-refractivity contribution in [3.8, 4) is 16.9 Å². The maximum atomic E-state index is 13.4. The van der Waals surface area contributed by atoms with Crippen molar-refractivity contribution in [2.24, 2.45) is 0 Å². The summed E-state index contributed by atoms with van der Waals surface area (Å²) in [5.41, 5.74) is 3.73. The summed E-state index contributed by atoms with van der Waals surface area (Å²) in [5.74, 6) is -0.512. The van der Waals surface area contributed by atoms with Crippen LogP contribution < -0.4 is 5.32 Å². The molecule has 0 radical (unpaired) electrons. The van der Waals surface area contributed by atoms with Crippen LogP contribution in [0.4, 0.5) is 4.39 Å². The molecule has 0 spiro atoms. The maximum Gasteiger partial charge on any atom is 0.254 e. The van der Waals surface area contributed by atoms with Crippen LogP contribution in [-0.4, -0.2) is 26.9 Å². The van der Waals surface area contributed by atoms with E-state index in [-0.39, 0.29) is 18.3 Å². The third-order valence-electron chi connectivity index (χ3n) is 4.58. The van der Waals surface area contributed by atoms with Gasteiger partial charge in [-0.05, 0) is 54.8 Å². The fraction of sp³-hybridized carbons (Fsp3) is 0.0870. The molecule has 2 aromatic carbocycles. The van der Waals surface area contributed by atoms with Crippen molar-refractivity contribution in [2.75, 3.05) is 6.26 Å². The lowest BCUT2D eigenvalue weighted by atomic mass is 10.1. The molecule has 1 N–H and O–H groups in total. The van der Waals surface area contributed by atoms with Crippen molar-refractivity contribution >= 4 is 17.7 Å². The molecule has 0 unspecified atom stereocenters. The number of hydrogen-bond donors (Lipinski definition) is 1. The first-order valence-electron chi connectivity index (χ1n) is 9.33. The first-order valence-corrected chi connectivity index (χ1v) is 10.6. The third kappa shape index (κ3) is 4.26. The minimum Gasteiger partial charge on any atom is -0.348 e. The molecule has 4 rings (SSSR count). The fourth-order valence-corrected chi connectivity index (χ4v) is 3.65. The van der Waals surface area contributed by atoms with Crippen LogP contribution in [0, 0.1) is 5.82 Å². The minimum absolute atomic E-state index is 0.204. The lowest BCUT2D eigenvalue weighted by Crippen LogP contribution is -2.23. The summed E-state index contributed by atoms with van der Waals surface area (Å²) in [7, 11) is 0. The fourth-order valence-electron chi connectivity index (χ4n) is 3.10. The Balaban J connectivity index is 1.65. The molecule has 7 heteroatoms. The van der Waals surface area contributed by atoms with Gasteiger partial charge in [0.15, 0.2) is 0 Å². The Kier molecular flexibility index (Phi) is 5.90. The average Bonchev–Trinajstić information content (AvgIpc) is 3.23. The summed E-state index contributed by atoms with van der Waals surface area (Å²) >= 11 is 1.42. The Morgan fingerprint density at radius 2 is 1.83 bits per heavy atom. The molecule has 0 aliphatic rings. The molecule has 1 amide bonds. The van der Waals surface area contributed by atoms with E-state index < -0.39 is 0 Å². The van der Waals surface area contributed by atoms with Crippen molar-refractivity contribution < 1.29 is 9.18 Å². The molecule has 2 aromatic heterocycles. The van der Waals surface area contributed by atoms with E-state index in [1.54, 1.807) is 35.1 Å². The van der Waals surface area contributed by atoms with Crippen molar-refractivity contribution in [1.29, 1.82) is 0 Å². The average molecular weight is 418 g/mol. The van der Waals surface area contributed by atoms with E-state index in [0.717, 1.165) is 16.8 Å². The van der Waals surface area contributed by atoms with Gasteiger partial charge in [-0.15, -0.1) is 11.8 Å². The van der Waals surface area contributed by atoms with Crippen LogP contribution in [0.25, 0.3) is 16.9 Å².